The van der Waals surface area contributed by atoms with Crippen LogP contribution in [0.1, 0.15) is 12.8 Å². The molecule has 5 nitrogen and oxygen atoms in total. The average molecular weight is 243 g/mol. The first-order chi connectivity index (χ1) is 8.78. The van der Waals surface area contributed by atoms with Gasteiger partial charge in [0.1, 0.15) is 5.82 Å². The zero-order valence-electron chi connectivity index (χ0n) is 10.0. The summed E-state index contributed by atoms with van der Waals surface area (Å²) >= 11 is 0. The molecule has 0 unspecified atom stereocenters. The van der Waals surface area contributed by atoms with Crippen LogP contribution in [0.3, 0.4) is 0 Å². The summed E-state index contributed by atoms with van der Waals surface area (Å²) in [6.07, 6.45) is 5.31. The molecule has 2 aromatic heterocycles. The summed E-state index contributed by atoms with van der Waals surface area (Å²) in [7, 11) is 1.57. The molecule has 0 bridgehead atoms. The van der Waals surface area contributed by atoms with Gasteiger partial charge in [0, 0.05) is 18.3 Å². The lowest BCUT2D eigenvalue weighted by atomic mass is 10.2. The van der Waals surface area contributed by atoms with Crippen LogP contribution in [0.15, 0.2) is 24.5 Å². The minimum atomic E-state index is 0.0582. The molecule has 0 spiro atoms. The Morgan fingerprint density at radius 2 is 2.28 bits per heavy atom. The second-order valence-electron chi connectivity index (χ2n) is 4.37. The maximum Gasteiger partial charge on any atom is 0.228 e. The molecular formula is C13H13N3O2. The minimum Gasteiger partial charge on any atom is -0.481 e. The quantitative estimate of drug-likeness (QED) is 0.895. The van der Waals surface area contributed by atoms with Crippen LogP contribution in [0.4, 0.5) is 5.82 Å². The number of aromatic nitrogens is 2. The maximum absolute atomic E-state index is 11.6. The first-order valence-electron chi connectivity index (χ1n) is 5.87. The third-order valence-corrected chi connectivity index (χ3v) is 3.01. The number of pyridine rings is 2. The van der Waals surface area contributed by atoms with E-state index >= 15 is 0 Å². The molecule has 1 amide bonds. The number of carbonyl (C=O) groups excluding carboxylic acids is 1. The van der Waals surface area contributed by atoms with Crippen molar-refractivity contribution in [2.24, 2.45) is 5.92 Å². The van der Waals surface area contributed by atoms with Gasteiger partial charge in [0.05, 0.1) is 12.5 Å². The van der Waals surface area contributed by atoms with Crippen molar-refractivity contribution >= 4 is 22.5 Å². The zero-order valence-corrected chi connectivity index (χ0v) is 10.0. The number of hydrogen-bond donors (Lipinski definition) is 1. The van der Waals surface area contributed by atoms with Crippen LogP contribution in [0, 0.1) is 5.92 Å². The van der Waals surface area contributed by atoms with Crippen molar-refractivity contribution in [2.45, 2.75) is 12.8 Å². The van der Waals surface area contributed by atoms with E-state index in [0.717, 1.165) is 23.6 Å². The highest BCUT2D eigenvalue weighted by molar-refractivity contribution is 5.95. The normalized spacial score (nSPS) is 14.5. The van der Waals surface area contributed by atoms with Crippen LogP contribution >= 0.6 is 0 Å². The summed E-state index contributed by atoms with van der Waals surface area (Å²) in [6, 6.07) is 3.70. The molecule has 1 fully saturated rings. The Bertz CT molecular complexity index is 608. The fourth-order valence-corrected chi connectivity index (χ4v) is 1.85. The number of methoxy groups -OCH3 is 1. The van der Waals surface area contributed by atoms with Crippen LogP contribution in [0.5, 0.6) is 5.88 Å². The van der Waals surface area contributed by atoms with Crippen LogP contribution < -0.4 is 10.1 Å². The molecule has 92 valence electrons. The van der Waals surface area contributed by atoms with Crippen molar-refractivity contribution in [1.29, 1.82) is 0 Å². The predicted octanol–water partition coefficient (Wildman–Crippen LogP) is 1.99. The second kappa shape index (κ2) is 4.25. The number of carbonyl (C=O) groups is 1. The van der Waals surface area contributed by atoms with Gasteiger partial charge in [-0.15, -0.1) is 0 Å². The van der Waals surface area contributed by atoms with Crippen molar-refractivity contribution in [3.8, 4) is 5.88 Å². The summed E-state index contributed by atoms with van der Waals surface area (Å²) in [5.74, 6) is 1.35. The molecule has 5 heteroatoms. The average Bonchev–Trinajstić information content (AvgIpc) is 3.22. The molecule has 0 aliphatic heterocycles. The van der Waals surface area contributed by atoms with E-state index in [1.807, 2.05) is 12.1 Å². The molecule has 1 aliphatic rings. The molecule has 3 rings (SSSR count). The molecule has 0 atom stereocenters. The molecule has 2 heterocycles. The smallest absolute Gasteiger partial charge is 0.228 e. The van der Waals surface area contributed by atoms with E-state index < -0.39 is 0 Å². The van der Waals surface area contributed by atoms with Gasteiger partial charge in [0.25, 0.3) is 0 Å². The molecule has 1 N–H and O–H groups in total. The van der Waals surface area contributed by atoms with Gasteiger partial charge in [-0.05, 0) is 30.4 Å². The van der Waals surface area contributed by atoms with Gasteiger partial charge < -0.3 is 10.1 Å². The summed E-state index contributed by atoms with van der Waals surface area (Å²) < 4.78 is 5.16. The Morgan fingerprint density at radius 1 is 1.44 bits per heavy atom. The Hall–Kier alpha value is -2.17. The lowest BCUT2D eigenvalue weighted by molar-refractivity contribution is -0.117. The standard InChI is InChI=1S/C13H13N3O2/c1-18-13-10-7-15-11(6-9(10)4-5-14-13)16-12(17)8-2-3-8/h4-8H,2-3H2,1H3,(H,15,16,17). The van der Waals surface area contributed by atoms with E-state index in [1.165, 1.54) is 0 Å². The first-order valence-corrected chi connectivity index (χ1v) is 5.87. The summed E-state index contributed by atoms with van der Waals surface area (Å²) in [5.41, 5.74) is 0. The first kappa shape index (κ1) is 11.0. The van der Waals surface area contributed by atoms with Gasteiger partial charge in [0.15, 0.2) is 0 Å². The molecule has 0 aromatic carbocycles. The number of hydrogen-bond acceptors (Lipinski definition) is 4. The molecule has 18 heavy (non-hydrogen) atoms. The van der Waals surface area contributed by atoms with Gasteiger partial charge >= 0.3 is 0 Å². The molecular weight excluding hydrogens is 230 g/mol. The van der Waals surface area contributed by atoms with Crippen LogP contribution in [0.25, 0.3) is 10.8 Å². The maximum atomic E-state index is 11.6. The predicted molar refractivity (Wildman–Crippen MR) is 67.4 cm³/mol. The van der Waals surface area contributed by atoms with Gasteiger partial charge in [-0.2, -0.15) is 0 Å². The van der Waals surface area contributed by atoms with Crippen molar-refractivity contribution < 1.29 is 9.53 Å². The molecule has 2 aromatic rings. The zero-order chi connectivity index (χ0) is 12.5. The molecule has 0 radical (unpaired) electrons. The number of anilines is 1. The number of nitrogens with zero attached hydrogens (tertiary/aromatic N) is 2. The third-order valence-electron chi connectivity index (χ3n) is 3.01. The van der Waals surface area contributed by atoms with Gasteiger partial charge in [0.2, 0.25) is 11.8 Å². The Kier molecular flexibility index (Phi) is 2.59. The lowest BCUT2D eigenvalue weighted by Crippen LogP contribution is -2.14. The van der Waals surface area contributed by atoms with Gasteiger partial charge in [-0.3, -0.25) is 4.79 Å². The summed E-state index contributed by atoms with van der Waals surface area (Å²) in [6.45, 7) is 0. The summed E-state index contributed by atoms with van der Waals surface area (Å²) in [5, 5.41) is 4.61. The number of fused-ring (bicyclic) bond motifs is 1. The van der Waals surface area contributed by atoms with E-state index in [-0.39, 0.29) is 11.8 Å². The van der Waals surface area contributed by atoms with E-state index in [0.29, 0.717) is 11.7 Å². The molecule has 0 saturated heterocycles. The van der Waals surface area contributed by atoms with Crippen molar-refractivity contribution in [1.82, 2.24) is 9.97 Å². The lowest BCUT2D eigenvalue weighted by Gasteiger charge is -2.06. The van der Waals surface area contributed by atoms with Crippen LogP contribution in [-0.2, 0) is 4.79 Å². The van der Waals surface area contributed by atoms with Crippen molar-refractivity contribution in [3.63, 3.8) is 0 Å². The Balaban J connectivity index is 1.93. The highest BCUT2D eigenvalue weighted by Crippen LogP contribution is 2.30. The van der Waals surface area contributed by atoms with E-state index in [4.69, 9.17) is 4.74 Å². The minimum absolute atomic E-state index is 0.0582. The number of ether oxygens (including phenoxy) is 1. The third kappa shape index (κ3) is 1.99. The molecule has 1 saturated carbocycles. The van der Waals surface area contributed by atoms with E-state index in [2.05, 4.69) is 15.3 Å². The number of rotatable bonds is 3. The number of amides is 1. The second-order valence-corrected chi connectivity index (χ2v) is 4.37. The van der Waals surface area contributed by atoms with Crippen LogP contribution in [0.2, 0.25) is 0 Å². The largest absolute Gasteiger partial charge is 0.481 e. The van der Waals surface area contributed by atoms with E-state index in [9.17, 15) is 4.79 Å². The van der Waals surface area contributed by atoms with Crippen molar-refractivity contribution in [2.75, 3.05) is 12.4 Å². The topological polar surface area (TPSA) is 64.1 Å². The monoisotopic (exact) mass is 243 g/mol. The Morgan fingerprint density at radius 3 is 3.00 bits per heavy atom. The highest BCUT2D eigenvalue weighted by atomic mass is 16.5. The fourth-order valence-electron chi connectivity index (χ4n) is 1.85. The SMILES string of the molecule is COc1nccc2cc(NC(=O)C3CC3)ncc12. The Labute approximate surface area is 104 Å². The van der Waals surface area contributed by atoms with Crippen molar-refractivity contribution in [3.05, 3.63) is 24.5 Å². The number of nitrogens with one attached hydrogen (secondary N) is 1. The highest BCUT2D eigenvalue weighted by Gasteiger charge is 2.29. The van der Waals surface area contributed by atoms with E-state index in [1.54, 1.807) is 19.5 Å². The molecule has 1 aliphatic carbocycles. The summed E-state index contributed by atoms with van der Waals surface area (Å²) in [4.78, 5) is 20.0. The fraction of sp³-hybridized carbons (Fsp3) is 0.308. The van der Waals surface area contributed by atoms with Gasteiger partial charge in [-0.25, -0.2) is 9.97 Å². The van der Waals surface area contributed by atoms with Crippen LogP contribution in [-0.4, -0.2) is 23.0 Å². The van der Waals surface area contributed by atoms with Gasteiger partial charge in [-0.1, -0.05) is 0 Å².